The Morgan fingerprint density at radius 3 is 2.83 bits per heavy atom. The fraction of sp³-hybridized carbons (Fsp3) is 0.174. The molecule has 1 atom stereocenters. The van der Waals surface area contributed by atoms with E-state index >= 15 is 0 Å². The van der Waals surface area contributed by atoms with E-state index < -0.39 is 11.8 Å². The predicted octanol–water partition coefficient (Wildman–Crippen LogP) is 4.44. The molecule has 1 aliphatic heterocycles. The van der Waals surface area contributed by atoms with Gasteiger partial charge in [-0.15, -0.1) is 0 Å². The van der Waals surface area contributed by atoms with Gasteiger partial charge in [-0.05, 0) is 47.4 Å². The molecule has 0 aliphatic carbocycles. The number of carboxylic acid groups (broad SMARTS) is 1. The van der Waals surface area contributed by atoms with Gasteiger partial charge in [-0.2, -0.15) is 5.26 Å². The van der Waals surface area contributed by atoms with Crippen LogP contribution in [0.15, 0.2) is 54.9 Å². The summed E-state index contributed by atoms with van der Waals surface area (Å²) in [5, 5.41) is 21.4. The van der Waals surface area contributed by atoms with Crippen LogP contribution in [0.2, 0.25) is 0 Å². The molecule has 0 radical (unpaired) electrons. The number of carboxylic acids is 1. The first-order chi connectivity index (χ1) is 14.6. The van der Waals surface area contributed by atoms with Gasteiger partial charge >= 0.3 is 5.97 Å². The van der Waals surface area contributed by atoms with Gasteiger partial charge in [0, 0.05) is 18.7 Å². The molecule has 6 nitrogen and oxygen atoms in total. The second-order valence-corrected chi connectivity index (χ2v) is 7.00. The number of hydrogen-bond acceptors (Lipinski definition) is 5. The Morgan fingerprint density at radius 1 is 1.27 bits per heavy atom. The minimum absolute atomic E-state index is 0.00947. The van der Waals surface area contributed by atoms with Crippen molar-refractivity contribution in [1.29, 1.82) is 5.26 Å². The van der Waals surface area contributed by atoms with E-state index in [1.54, 1.807) is 6.07 Å². The standard InChI is InChI=1S/C23H18FN3O3/c24-20-9-14(1-2-16(20)11-25)15-3-4-18-17(6-8-30-22(18)10-15)12-27-21-13-26-7-5-19(21)23(28)29/h1-5,7,9-10,13,17,27H,6,8,12H2,(H,28,29). The number of anilines is 1. The van der Waals surface area contributed by atoms with Gasteiger partial charge < -0.3 is 15.2 Å². The van der Waals surface area contributed by atoms with Crippen molar-refractivity contribution < 1.29 is 19.0 Å². The lowest BCUT2D eigenvalue weighted by atomic mass is 9.90. The van der Waals surface area contributed by atoms with E-state index in [1.165, 1.54) is 30.6 Å². The van der Waals surface area contributed by atoms with Crippen LogP contribution in [0.25, 0.3) is 11.1 Å². The first-order valence-corrected chi connectivity index (χ1v) is 9.44. The summed E-state index contributed by atoms with van der Waals surface area (Å²) in [6.07, 6.45) is 3.74. The lowest BCUT2D eigenvalue weighted by Gasteiger charge is -2.27. The summed E-state index contributed by atoms with van der Waals surface area (Å²) in [5.74, 6) is -0.713. The van der Waals surface area contributed by atoms with Crippen molar-refractivity contribution >= 4 is 11.7 Å². The molecule has 1 aliphatic rings. The minimum Gasteiger partial charge on any atom is -0.493 e. The van der Waals surface area contributed by atoms with E-state index in [1.807, 2.05) is 24.3 Å². The summed E-state index contributed by atoms with van der Waals surface area (Å²) in [7, 11) is 0. The summed E-state index contributed by atoms with van der Waals surface area (Å²) < 4.78 is 19.8. The lowest BCUT2D eigenvalue weighted by Crippen LogP contribution is -2.21. The number of fused-ring (bicyclic) bond motifs is 1. The Labute approximate surface area is 172 Å². The number of nitrogens with one attached hydrogen (secondary N) is 1. The molecule has 2 N–H and O–H groups in total. The van der Waals surface area contributed by atoms with E-state index in [-0.39, 0.29) is 17.0 Å². The Bertz CT molecular complexity index is 1160. The van der Waals surface area contributed by atoms with Crippen molar-refractivity contribution in [3.63, 3.8) is 0 Å². The van der Waals surface area contributed by atoms with Gasteiger partial charge in [-0.25, -0.2) is 9.18 Å². The predicted molar refractivity (Wildman–Crippen MR) is 109 cm³/mol. The minimum atomic E-state index is -1.01. The van der Waals surface area contributed by atoms with Crippen molar-refractivity contribution in [2.24, 2.45) is 0 Å². The fourth-order valence-corrected chi connectivity index (χ4v) is 3.60. The summed E-state index contributed by atoms with van der Waals surface area (Å²) in [6, 6.07) is 13.5. The molecule has 2 aromatic carbocycles. The fourth-order valence-electron chi connectivity index (χ4n) is 3.60. The summed E-state index contributed by atoms with van der Waals surface area (Å²) >= 11 is 0. The van der Waals surface area contributed by atoms with Gasteiger partial charge in [-0.3, -0.25) is 4.98 Å². The highest BCUT2D eigenvalue weighted by Crippen LogP contribution is 2.37. The highest BCUT2D eigenvalue weighted by molar-refractivity contribution is 5.93. The van der Waals surface area contributed by atoms with Crippen molar-refractivity contribution in [2.75, 3.05) is 18.5 Å². The lowest BCUT2D eigenvalue weighted by molar-refractivity contribution is 0.0697. The molecule has 4 rings (SSSR count). The Balaban J connectivity index is 1.56. The molecule has 0 bridgehead atoms. The number of nitriles is 1. The third kappa shape index (κ3) is 3.80. The number of nitrogens with zero attached hydrogens (tertiary/aromatic N) is 2. The number of pyridine rings is 1. The first kappa shape index (κ1) is 19.4. The quantitative estimate of drug-likeness (QED) is 0.654. The number of aromatic carboxylic acids is 1. The number of aromatic nitrogens is 1. The number of hydrogen-bond donors (Lipinski definition) is 2. The smallest absolute Gasteiger partial charge is 0.337 e. The monoisotopic (exact) mass is 403 g/mol. The van der Waals surface area contributed by atoms with Crippen molar-refractivity contribution in [1.82, 2.24) is 4.98 Å². The molecular formula is C23H18FN3O3. The molecule has 1 unspecified atom stereocenters. The molecule has 0 spiro atoms. The Hall–Kier alpha value is -3.92. The molecule has 0 amide bonds. The van der Waals surface area contributed by atoms with Crippen LogP contribution in [0.4, 0.5) is 10.1 Å². The van der Waals surface area contributed by atoms with E-state index in [0.29, 0.717) is 24.4 Å². The van der Waals surface area contributed by atoms with E-state index in [0.717, 1.165) is 23.3 Å². The van der Waals surface area contributed by atoms with Gasteiger partial charge in [0.25, 0.3) is 0 Å². The number of rotatable bonds is 5. The third-order valence-electron chi connectivity index (χ3n) is 5.19. The van der Waals surface area contributed by atoms with Crippen molar-refractivity contribution in [2.45, 2.75) is 12.3 Å². The van der Waals surface area contributed by atoms with Gasteiger partial charge in [0.1, 0.15) is 17.6 Å². The van der Waals surface area contributed by atoms with Crippen molar-refractivity contribution in [3.8, 4) is 22.9 Å². The zero-order valence-corrected chi connectivity index (χ0v) is 15.9. The van der Waals surface area contributed by atoms with Gasteiger partial charge in [0.05, 0.1) is 29.6 Å². The second kappa shape index (κ2) is 8.21. The van der Waals surface area contributed by atoms with Crippen LogP contribution in [-0.2, 0) is 0 Å². The van der Waals surface area contributed by atoms with Crippen LogP contribution in [0, 0.1) is 17.1 Å². The second-order valence-electron chi connectivity index (χ2n) is 7.00. The van der Waals surface area contributed by atoms with Crippen LogP contribution in [0.5, 0.6) is 5.75 Å². The molecule has 7 heteroatoms. The maximum absolute atomic E-state index is 14.0. The molecular weight excluding hydrogens is 385 g/mol. The van der Waals surface area contributed by atoms with Gasteiger partial charge in [-0.1, -0.05) is 18.2 Å². The highest BCUT2D eigenvalue weighted by Gasteiger charge is 2.23. The van der Waals surface area contributed by atoms with E-state index in [9.17, 15) is 14.3 Å². The van der Waals surface area contributed by atoms with Crippen molar-refractivity contribution in [3.05, 3.63) is 77.4 Å². The molecule has 150 valence electrons. The van der Waals surface area contributed by atoms with Crippen LogP contribution in [-0.4, -0.2) is 29.2 Å². The average molecular weight is 403 g/mol. The summed E-state index contributed by atoms with van der Waals surface area (Å²) in [4.78, 5) is 15.4. The van der Waals surface area contributed by atoms with E-state index in [4.69, 9.17) is 10.00 Å². The maximum Gasteiger partial charge on any atom is 0.337 e. The van der Waals surface area contributed by atoms with Crippen LogP contribution < -0.4 is 10.1 Å². The topological polar surface area (TPSA) is 95.2 Å². The largest absolute Gasteiger partial charge is 0.493 e. The number of benzene rings is 2. The van der Waals surface area contributed by atoms with Crippen LogP contribution in [0.1, 0.15) is 33.8 Å². The summed E-state index contributed by atoms with van der Waals surface area (Å²) in [6.45, 7) is 1.07. The summed E-state index contributed by atoms with van der Waals surface area (Å²) in [5.41, 5.74) is 3.13. The highest BCUT2D eigenvalue weighted by atomic mass is 19.1. The zero-order valence-electron chi connectivity index (χ0n) is 15.9. The van der Waals surface area contributed by atoms with Gasteiger partial charge in [0.15, 0.2) is 0 Å². The number of ether oxygens (including phenoxy) is 1. The molecule has 30 heavy (non-hydrogen) atoms. The first-order valence-electron chi connectivity index (χ1n) is 9.44. The molecule has 2 heterocycles. The zero-order chi connectivity index (χ0) is 21.1. The average Bonchev–Trinajstić information content (AvgIpc) is 2.77. The SMILES string of the molecule is N#Cc1ccc(-c2ccc3c(c2)OCCC3CNc2cnccc2C(=O)O)cc1F. The number of carbonyl (C=O) groups is 1. The molecule has 0 saturated carbocycles. The molecule has 0 fully saturated rings. The number of halogens is 1. The van der Waals surface area contributed by atoms with E-state index in [2.05, 4.69) is 10.3 Å². The normalized spacial score (nSPS) is 14.9. The molecule has 3 aromatic rings. The van der Waals surface area contributed by atoms with Crippen LogP contribution >= 0.6 is 0 Å². The molecule has 1 aromatic heterocycles. The third-order valence-corrected chi connectivity index (χ3v) is 5.19. The maximum atomic E-state index is 14.0. The van der Waals surface area contributed by atoms with Crippen LogP contribution in [0.3, 0.4) is 0 Å². The Morgan fingerprint density at radius 2 is 2.07 bits per heavy atom. The molecule has 0 saturated heterocycles. The Kier molecular flexibility index (Phi) is 5.31. The van der Waals surface area contributed by atoms with Gasteiger partial charge in [0.2, 0.25) is 0 Å².